The minimum absolute atomic E-state index is 0.0461. The Balaban J connectivity index is 1.61. The van der Waals surface area contributed by atoms with Gasteiger partial charge in [0.2, 0.25) is 0 Å². The lowest BCUT2D eigenvalue weighted by atomic mass is 9.87. The van der Waals surface area contributed by atoms with Gasteiger partial charge in [0, 0.05) is 46.2 Å². The Kier molecular flexibility index (Phi) is 5.21. The largest absolute Gasteiger partial charge is 0.361 e. The van der Waals surface area contributed by atoms with Gasteiger partial charge in [-0.1, -0.05) is 20.8 Å². The Labute approximate surface area is 202 Å². The summed E-state index contributed by atoms with van der Waals surface area (Å²) in [5.74, 6) is -0.0461. The molecule has 0 aliphatic carbocycles. The fourth-order valence-electron chi connectivity index (χ4n) is 3.82. The number of anilines is 1. The van der Waals surface area contributed by atoms with Crippen LogP contribution in [0, 0.1) is 12.3 Å². The van der Waals surface area contributed by atoms with Crippen LogP contribution in [0.4, 0.5) is 5.69 Å². The zero-order chi connectivity index (χ0) is 25.0. The zero-order valence-corrected chi connectivity index (χ0v) is 20.5. The monoisotopic (exact) mass is 488 g/mol. The van der Waals surface area contributed by atoms with E-state index in [-0.39, 0.29) is 10.7 Å². The molecule has 0 unspecified atom stereocenters. The summed E-state index contributed by atoms with van der Waals surface area (Å²) in [4.78, 5) is 32.4. The molecule has 35 heavy (non-hydrogen) atoms. The van der Waals surface area contributed by atoms with Crippen molar-refractivity contribution in [3.8, 4) is 11.3 Å². The van der Waals surface area contributed by atoms with Crippen molar-refractivity contribution in [2.24, 2.45) is 5.41 Å². The summed E-state index contributed by atoms with van der Waals surface area (Å²) in [5, 5.41) is 0.705. The number of aromatic amines is 2. The average Bonchev–Trinajstić information content (AvgIpc) is 3.44. The van der Waals surface area contributed by atoms with Gasteiger partial charge in [-0.3, -0.25) is 14.5 Å². The van der Waals surface area contributed by atoms with Crippen molar-refractivity contribution in [3.63, 3.8) is 0 Å². The van der Waals surface area contributed by atoms with E-state index in [1.807, 2.05) is 26.8 Å². The smallest absolute Gasteiger partial charge is 0.263 e. The first-order valence-corrected chi connectivity index (χ1v) is 12.5. The molecule has 0 aliphatic rings. The first kappa shape index (κ1) is 22.7. The number of nitrogens with one attached hydrogen (secondary N) is 3. The number of fused-ring (bicyclic) bond motifs is 2. The topological polar surface area (TPSA) is 133 Å². The minimum Gasteiger partial charge on any atom is -0.361 e. The maximum absolute atomic E-state index is 13.0. The summed E-state index contributed by atoms with van der Waals surface area (Å²) in [5.41, 5.74) is 3.87. The van der Waals surface area contributed by atoms with Crippen LogP contribution in [0.3, 0.4) is 0 Å². The van der Waals surface area contributed by atoms with Crippen LogP contribution in [-0.2, 0) is 10.0 Å². The number of rotatable bonds is 5. The number of pyridine rings is 1. The quantitative estimate of drug-likeness (QED) is 0.303. The molecule has 4 heterocycles. The molecular weight excluding hydrogens is 464 g/mol. The van der Waals surface area contributed by atoms with Crippen LogP contribution in [-0.4, -0.2) is 39.1 Å². The molecule has 5 rings (SSSR count). The third-order valence-electron chi connectivity index (χ3n) is 5.71. The average molecular weight is 489 g/mol. The van der Waals surface area contributed by atoms with E-state index < -0.39 is 15.4 Å². The molecule has 0 atom stereocenters. The number of H-pyrrole nitrogens is 2. The number of hydrogen-bond acceptors (Lipinski definition) is 6. The second-order valence-corrected chi connectivity index (χ2v) is 11.1. The highest BCUT2D eigenvalue weighted by Crippen LogP contribution is 2.32. The van der Waals surface area contributed by atoms with E-state index in [2.05, 4.69) is 24.7 Å². The Bertz CT molecular complexity index is 1690. The standard InChI is InChI=1S/C25H24N6O3S/c1-14-5-6-16(11-27-14)35(33,34)31-20-10-15(9-19-17(20)7-8-26-19)21-13-29-24-22(30-21)18(12-28-24)23(32)25(2,3)4/h5-13,26,31H,1-4H3,(H,28,29). The molecule has 0 radical (unpaired) electrons. The summed E-state index contributed by atoms with van der Waals surface area (Å²) in [7, 11) is -3.87. The number of ketones is 1. The minimum atomic E-state index is -3.87. The van der Waals surface area contributed by atoms with Gasteiger partial charge in [0.25, 0.3) is 10.0 Å². The molecule has 0 saturated carbocycles. The van der Waals surface area contributed by atoms with Gasteiger partial charge in [0.05, 0.1) is 23.1 Å². The Morgan fingerprint density at radius 2 is 1.83 bits per heavy atom. The SMILES string of the molecule is Cc1ccc(S(=O)(=O)Nc2cc(-c3cnc4[nH]cc(C(=O)C(C)(C)C)c4n3)cc3[nH]ccc23)cn1. The van der Waals surface area contributed by atoms with Crippen LogP contribution >= 0.6 is 0 Å². The van der Waals surface area contributed by atoms with Crippen LogP contribution in [0.25, 0.3) is 33.3 Å². The van der Waals surface area contributed by atoms with Gasteiger partial charge in [-0.05, 0) is 37.3 Å². The number of Topliss-reactive ketones (excluding diaryl/α,β-unsaturated/α-hetero) is 1. The summed E-state index contributed by atoms with van der Waals surface area (Å²) in [6.45, 7) is 7.35. The van der Waals surface area contributed by atoms with E-state index >= 15 is 0 Å². The number of aryl methyl sites for hydroxylation is 1. The van der Waals surface area contributed by atoms with Crippen LogP contribution in [0.15, 0.2) is 60.0 Å². The molecular formula is C25H24N6O3S. The predicted octanol–water partition coefficient (Wildman–Crippen LogP) is 4.84. The lowest BCUT2D eigenvalue weighted by Gasteiger charge is -2.15. The van der Waals surface area contributed by atoms with Crippen molar-refractivity contribution in [2.75, 3.05) is 4.72 Å². The van der Waals surface area contributed by atoms with Crippen molar-refractivity contribution in [3.05, 3.63) is 66.4 Å². The third kappa shape index (κ3) is 4.17. The number of benzene rings is 1. The van der Waals surface area contributed by atoms with E-state index in [0.717, 1.165) is 11.2 Å². The Hall–Kier alpha value is -4.05. The maximum atomic E-state index is 13.0. The van der Waals surface area contributed by atoms with Gasteiger partial charge in [0.1, 0.15) is 10.4 Å². The first-order valence-electron chi connectivity index (χ1n) is 11.0. The van der Waals surface area contributed by atoms with E-state index in [0.29, 0.717) is 39.1 Å². The second-order valence-electron chi connectivity index (χ2n) is 9.44. The van der Waals surface area contributed by atoms with E-state index in [1.165, 1.54) is 12.3 Å². The molecule has 0 amide bonds. The normalized spacial score (nSPS) is 12.3. The summed E-state index contributed by atoms with van der Waals surface area (Å²) >= 11 is 0. The van der Waals surface area contributed by atoms with Crippen molar-refractivity contribution >= 4 is 43.6 Å². The second kappa shape index (κ2) is 8.02. The van der Waals surface area contributed by atoms with Crippen molar-refractivity contribution in [1.29, 1.82) is 0 Å². The highest BCUT2D eigenvalue weighted by molar-refractivity contribution is 7.92. The van der Waals surface area contributed by atoms with Crippen LogP contribution in [0.1, 0.15) is 36.8 Å². The molecule has 0 bridgehead atoms. The summed E-state index contributed by atoms with van der Waals surface area (Å²) < 4.78 is 28.8. The van der Waals surface area contributed by atoms with Crippen molar-refractivity contribution in [2.45, 2.75) is 32.6 Å². The third-order valence-corrected chi connectivity index (χ3v) is 7.06. The number of carbonyl (C=O) groups excluding carboxylic acids is 1. The molecule has 0 spiro atoms. The maximum Gasteiger partial charge on any atom is 0.263 e. The van der Waals surface area contributed by atoms with Crippen molar-refractivity contribution < 1.29 is 13.2 Å². The van der Waals surface area contributed by atoms with Crippen LogP contribution < -0.4 is 4.72 Å². The van der Waals surface area contributed by atoms with Gasteiger partial charge >= 0.3 is 0 Å². The van der Waals surface area contributed by atoms with E-state index in [1.54, 1.807) is 43.7 Å². The van der Waals surface area contributed by atoms with Crippen LogP contribution in [0.5, 0.6) is 0 Å². The fourth-order valence-corrected chi connectivity index (χ4v) is 4.84. The number of aromatic nitrogens is 5. The van der Waals surface area contributed by atoms with E-state index in [9.17, 15) is 13.2 Å². The molecule has 4 aromatic heterocycles. The highest BCUT2D eigenvalue weighted by Gasteiger charge is 2.26. The molecule has 9 nitrogen and oxygen atoms in total. The molecule has 0 fully saturated rings. The van der Waals surface area contributed by atoms with Crippen molar-refractivity contribution in [1.82, 2.24) is 24.9 Å². The molecule has 178 valence electrons. The van der Waals surface area contributed by atoms with Gasteiger partial charge in [-0.2, -0.15) is 0 Å². The highest BCUT2D eigenvalue weighted by atomic mass is 32.2. The molecule has 3 N–H and O–H groups in total. The zero-order valence-electron chi connectivity index (χ0n) is 19.7. The lowest BCUT2D eigenvalue weighted by Crippen LogP contribution is -2.20. The number of sulfonamides is 1. The molecule has 1 aromatic carbocycles. The summed E-state index contributed by atoms with van der Waals surface area (Å²) in [6.07, 6.45) is 6.29. The number of nitrogens with zero attached hydrogens (tertiary/aromatic N) is 3. The summed E-state index contributed by atoms with van der Waals surface area (Å²) in [6, 6.07) is 8.54. The lowest BCUT2D eigenvalue weighted by molar-refractivity contribution is 0.0860. The Morgan fingerprint density at radius 3 is 2.54 bits per heavy atom. The van der Waals surface area contributed by atoms with Gasteiger partial charge in [-0.15, -0.1) is 0 Å². The van der Waals surface area contributed by atoms with Gasteiger partial charge in [-0.25, -0.2) is 18.4 Å². The molecule has 10 heteroatoms. The van der Waals surface area contributed by atoms with Crippen LogP contribution in [0.2, 0.25) is 0 Å². The fraction of sp³-hybridized carbons (Fsp3) is 0.200. The Morgan fingerprint density at radius 1 is 1.03 bits per heavy atom. The molecule has 0 aliphatic heterocycles. The molecule has 0 saturated heterocycles. The molecule has 5 aromatic rings. The predicted molar refractivity (Wildman–Crippen MR) is 135 cm³/mol. The first-order chi connectivity index (χ1) is 16.5. The van der Waals surface area contributed by atoms with Gasteiger partial charge in [0.15, 0.2) is 11.4 Å². The van der Waals surface area contributed by atoms with Gasteiger partial charge < -0.3 is 9.97 Å². The van der Waals surface area contributed by atoms with E-state index in [4.69, 9.17) is 4.98 Å². The number of hydrogen-bond donors (Lipinski definition) is 3. The number of carbonyl (C=O) groups is 1.